The molecular weight excluding hydrogens is 372 g/mol. The summed E-state index contributed by atoms with van der Waals surface area (Å²) in [7, 11) is 1.65. The van der Waals surface area contributed by atoms with Crippen molar-refractivity contribution in [2.75, 3.05) is 26.7 Å². The molecule has 1 N–H and O–H groups in total. The third-order valence-corrected chi connectivity index (χ3v) is 3.98. The van der Waals surface area contributed by atoms with Crippen molar-refractivity contribution in [2.24, 2.45) is 0 Å². The van der Waals surface area contributed by atoms with Crippen molar-refractivity contribution >= 4 is 22.0 Å². The number of methoxy groups -OCH3 is 1. The van der Waals surface area contributed by atoms with E-state index in [-0.39, 0.29) is 6.09 Å². The lowest BCUT2D eigenvalue weighted by Gasteiger charge is -2.26. The second-order valence-corrected chi connectivity index (χ2v) is 7.41. The minimum Gasteiger partial charge on any atom is -0.496 e. The van der Waals surface area contributed by atoms with Gasteiger partial charge in [0.25, 0.3) is 0 Å². The van der Waals surface area contributed by atoms with Gasteiger partial charge in [0.15, 0.2) is 0 Å². The maximum Gasteiger partial charge on any atom is 0.410 e. The lowest BCUT2D eigenvalue weighted by Crippen LogP contribution is -2.38. The zero-order chi connectivity index (χ0) is 18.2. The van der Waals surface area contributed by atoms with E-state index in [2.05, 4.69) is 21.2 Å². The predicted molar refractivity (Wildman–Crippen MR) is 100 cm³/mol. The van der Waals surface area contributed by atoms with Crippen LogP contribution in [-0.4, -0.2) is 43.3 Å². The number of hydrogen-bond donors (Lipinski definition) is 1. The van der Waals surface area contributed by atoms with Gasteiger partial charge in [-0.1, -0.05) is 6.07 Å². The van der Waals surface area contributed by atoms with E-state index in [1.54, 1.807) is 12.0 Å². The molecule has 136 valence electrons. The molecule has 0 atom stereocenters. The fourth-order valence-corrected chi connectivity index (χ4v) is 2.74. The summed E-state index contributed by atoms with van der Waals surface area (Å²) in [5.41, 5.74) is 0.729. The molecule has 0 radical (unpaired) electrons. The molecular formula is C18H29BrN2O3. The number of benzene rings is 1. The molecule has 0 heterocycles. The van der Waals surface area contributed by atoms with E-state index in [1.165, 1.54) is 5.56 Å². The van der Waals surface area contributed by atoms with Crippen molar-refractivity contribution in [3.05, 3.63) is 28.2 Å². The Morgan fingerprint density at radius 3 is 2.58 bits per heavy atom. The van der Waals surface area contributed by atoms with Gasteiger partial charge in [0.2, 0.25) is 0 Å². The fraction of sp³-hybridized carbons (Fsp3) is 0.611. The van der Waals surface area contributed by atoms with E-state index < -0.39 is 5.60 Å². The molecule has 1 aromatic carbocycles. The molecule has 0 saturated heterocycles. The molecule has 1 rings (SSSR count). The average Bonchev–Trinajstić information content (AvgIpc) is 2.49. The molecule has 1 aromatic rings. The summed E-state index contributed by atoms with van der Waals surface area (Å²) in [6.45, 7) is 10.6. The molecule has 6 heteroatoms. The third-order valence-electron chi connectivity index (χ3n) is 3.36. The van der Waals surface area contributed by atoms with Gasteiger partial charge in [-0.15, -0.1) is 0 Å². The van der Waals surface area contributed by atoms with Crippen LogP contribution in [0, 0.1) is 0 Å². The number of nitrogens with zero attached hydrogens (tertiary/aromatic N) is 1. The van der Waals surface area contributed by atoms with Crippen LogP contribution in [0.5, 0.6) is 5.75 Å². The summed E-state index contributed by atoms with van der Waals surface area (Å²) in [5.74, 6) is 0.828. The summed E-state index contributed by atoms with van der Waals surface area (Å²) in [5, 5.41) is 3.39. The number of nitrogens with one attached hydrogen (secondary N) is 1. The van der Waals surface area contributed by atoms with Crippen molar-refractivity contribution in [2.45, 2.75) is 46.3 Å². The number of rotatable bonds is 8. The smallest absolute Gasteiger partial charge is 0.410 e. The first-order valence-electron chi connectivity index (χ1n) is 8.28. The Hall–Kier alpha value is -1.27. The van der Waals surface area contributed by atoms with E-state index >= 15 is 0 Å². The van der Waals surface area contributed by atoms with Crippen LogP contribution in [0.1, 0.15) is 39.7 Å². The summed E-state index contributed by atoms with van der Waals surface area (Å²) >= 11 is 3.49. The lowest BCUT2D eigenvalue weighted by molar-refractivity contribution is 0.0258. The molecule has 0 fully saturated rings. The topological polar surface area (TPSA) is 50.8 Å². The van der Waals surface area contributed by atoms with E-state index in [0.717, 1.165) is 29.7 Å². The lowest BCUT2D eigenvalue weighted by atomic mass is 10.2. The zero-order valence-corrected chi connectivity index (χ0v) is 16.9. The van der Waals surface area contributed by atoms with Gasteiger partial charge in [-0.25, -0.2) is 4.79 Å². The summed E-state index contributed by atoms with van der Waals surface area (Å²) in [6.07, 6.45) is 0.633. The van der Waals surface area contributed by atoms with E-state index in [9.17, 15) is 4.79 Å². The second-order valence-electron chi connectivity index (χ2n) is 6.56. The highest BCUT2D eigenvalue weighted by atomic mass is 79.9. The maximum absolute atomic E-state index is 12.0. The van der Waals surface area contributed by atoms with Crippen LogP contribution in [0.15, 0.2) is 22.7 Å². The second kappa shape index (κ2) is 9.89. The van der Waals surface area contributed by atoms with Gasteiger partial charge in [-0.3, -0.25) is 0 Å². The van der Waals surface area contributed by atoms with E-state index in [1.807, 2.05) is 45.9 Å². The first-order valence-corrected chi connectivity index (χ1v) is 9.07. The van der Waals surface area contributed by atoms with Gasteiger partial charge in [0.05, 0.1) is 11.6 Å². The summed E-state index contributed by atoms with van der Waals surface area (Å²) < 4.78 is 11.6. The Kier molecular flexibility index (Phi) is 8.56. The number of hydrogen-bond acceptors (Lipinski definition) is 4. The Bertz CT molecular complexity index is 529. The first-order chi connectivity index (χ1) is 11.3. The number of carbonyl (C=O) groups is 1. The SMILES string of the molecule is CCN(CCCNCc1ccc(OC)c(Br)c1)C(=O)OC(C)(C)C. The number of ether oxygens (including phenoxy) is 2. The molecule has 0 bridgehead atoms. The predicted octanol–water partition coefficient (Wildman–Crippen LogP) is 4.19. The van der Waals surface area contributed by atoms with Crippen LogP contribution >= 0.6 is 15.9 Å². The highest BCUT2D eigenvalue weighted by Crippen LogP contribution is 2.25. The molecule has 0 aromatic heterocycles. The molecule has 0 aliphatic carbocycles. The van der Waals surface area contributed by atoms with Crippen LogP contribution in [0.3, 0.4) is 0 Å². The highest BCUT2D eigenvalue weighted by Gasteiger charge is 2.20. The monoisotopic (exact) mass is 400 g/mol. The maximum atomic E-state index is 12.0. The van der Waals surface area contributed by atoms with Gasteiger partial charge in [0.1, 0.15) is 11.4 Å². The van der Waals surface area contributed by atoms with Gasteiger partial charge >= 0.3 is 6.09 Å². The van der Waals surface area contributed by atoms with Crippen molar-refractivity contribution in [1.29, 1.82) is 0 Å². The molecule has 1 amide bonds. The van der Waals surface area contributed by atoms with Crippen LogP contribution in [0.2, 0.25) is 0 Å². The van der Waals surface area contributed by atoms with Crippen molar-refractivity contribution in [3.63, 3.8) is 0 Å². The summed E-state index contributed by atoms with van der Waals surface area (Å²) in [6, 6.07) is 6.03. The average molecular weight is 401 g/mol. The Morgan fingerprint density at radius 2 is 2.04 bits per heavy atom. The standard InChI is InChI=1S/C18H29BrN2O3/c1-6-21(17(22)24-18(2,3)4)11-7-10-20-13-14-8-9-16(23-5)15(19)12-14/h8-9,12,20H,6-7,10-11,13H2,1-5H3. The van der Waals surface area contributed by atoms with Crippen LogP contribution in [0.25, 0.3) is 0 Å². The highest BCUT2D eigenvalue weighted by molar-refractivity contribution is 9.10. The molecule has 5 nitrogen and oxygen atoms in total. The Balaban J connectivity index is 2.32. The van der Waals surface area contributed by atoms with Crippen LogP contribution < -0.4 is 10.1 Å². The van der Waals surface area contributed by atoms with Gasteiger partial charge < -0.3 is 19.7 Å². The van der Waals surface area contributed by atoms with Crippen molar-refractivity contribution in [1.82, 2.24) is 10.2 Å². The largest absolute Gasteiger partial charge is 0.496 e. The molecule has 0 spiro atoms. The molecule has 0 saturated carbocycles. The zero-order valence-electron chi connectivity index (χ0n) is 15.3. The Morgan fingerprint density at radius 1 is 1.33 bits per heavy atom. The normalized spacial score (nSPS) is 11.2. The third kappa shape index (κ3) is 7.53. The van der Waals surface area contributed by atoms with E-state index in [4.69, 9.17) is 9.47 Å². The molecule has 24 heavy (non-hydrogen) atoms. The fourth-order valence-electron chi connectivity index (χ4n) is 2.15. The van der Waals surface area contributed by atoms with Gasteiger partial charge in [-0.05, 0) is 74.3 Å². The van der Waals surface area contributed by atoms with Crippen LogP contribution in [-0.2, 0) is 11.3 Å². The minimum absolute atomic E-state index is 0.246. The number of halogens is 1. The van der Waals surface area contributed by atoms with E-state index in [0.29, 0.717) is 13.1 Å². The van der Waals surface area contributed by atoms with Crippen LogP contribution in [0.4, 0.5) is 4.79 Å². The Labute approximate surface area is 153 Å². The number of amides is 1. The minimum atomic E-state index is -0.454. The first kappa shape index (κ1) is 20.8. The van der Waals surface area contributed by atoms with Gasteiger partial charge in [0, 0.05) is 19.6 Å². The summed E-state index contributed by atoms with van der Waals surface area (Å²) in [4.78, 5) is 13.8. The van der Waals surface area contributed by atoms with Gasteiger partial charge in [-0.2, -0.15) is 0 Å². The van der Waals surface area contributed by atoms with Crippen molar-refractivity contribution < 1.29 is 14.3 Å². The van der Waals surface area contributed by atoms with Crippen molar-refractivity contribution in [3.8, 4) is 5.75 Å². The quantitative estimate of drug-likeness (QED) is 0.664. The number of carbonyl (C=O) groups excluding carboxylic acids is 1. The molecule has 0 aliphatic heterocycles. The molecule has 0 unspecified atom stereocenters. The molecule has 0 aliphatic rings.